The highest BCUT2D eigenvalue weighted by atomic mass is 16.5. The number of alkyl carbamates (subject to hydrolysis) is 1. The summed E-state index contributed by atoms with van der Waals surface area (Å²) in [7, 11) is 2.98. The fourth-order valence-corrected chi connectivity index (χ4v) is 2.42. The number of methoxy groups -OCH3 is 2. The minimum Gasteiger partial charge on any atom is -0.497 e. The molecule has 140 valence electrons. The number of nitrogens with one attached hydrogen (secondary N) is 1. The summed E-state index contributed by atoms with van der Waals surface area (Å²) in [6.45, 7) is -0.385. The zero-order valence-corrected chi connectivity index (χ0v) is 14.7. The SMILES string of the molecule is COc1ccc(C(O)C(CO)NC(=O)OCc2ccccc2)c(OC)c1. The molecule has 0 spiro atoms. The number of hydrogen-bond acceptors (Lipinski definition) is 6. The smallest absolute Gasteiger partial charge is 0.407 e. The number of benzene rings is 2. The van der Waals surface area contributed by atoms with Gasteiger partial charge in [-0.25, -0.2) is 4.79 Å². The third-order valence-corrected chi connectivity index (χ3v) is 3.85. The van der Waals surface area contributed by atoms with Crippen LogP contribution >= 0.6 is 0 Å². The summed E-state index contributed by atoms with van der Waals surface area (Å²) in [4.78, 5) is 12.0. The largest absolute Gasteiger partial charge is 0.497 e. The minimum absolute atomic E-state index is 0.0901. The molecule has 2 aromatic carbocycles. The van der Waals surface area contributed by atoms with E-state index in [-0.39, 0.29) is 6.61 Å². The minimum atomic E-state index is -1.19. The highest BCUT2D eigenvalue weighted by Crippen LogP contribution is 2.31. The number of aliphatic hydroxyl groups is 2. The Hall–Kier alpha value is -2.77. The Morgan fingerprint density at radius 1 is 1.12 bits per heavy atom. The second kappa shape index (κ2) is 9.65. The summed E-state index contributed by atoms with van der Waals surface area (Å²) in [5.74, 6) is 0.948. The molecule has 0 saturated carbocycles. The second-order valence-corrected chi connectivity index (χ2v) is 5.55. The molecule has 0 saturated heterocycles. The predicted molar refractivity (Wildman–Crippen MR) is 95.1 cm³/mol. The van der Waals surface area contributed by atoms with Crippen molar-refractivity contribution in [1.82, 2.24) is 5.32 Å². The lowest BCUT2D eigenvalue weighted by Gasteiger charge is -2.24. The first-order valence-corrected chi connectivity index (χ1v) is 8.07. The fraction of sp³-hybridized carbons (Fsp3) is 0.316. The average molecular weight is 361 g/mol. The Bertz CT molecular complexity index is 706. The molecule has 2 unspecified atom stereocenters. The molecule has 0 aliphatic carbocycles. The van der Waals surface area contributed by atoms with Crippen molar-refractivity contribution in [3.63, 3.8) is 0 Å². The van der Waals surface area contributed by atoms with Crippen molar-refractivity contribution in [2.75, 3.05) is 20.8 Å². The monoisotopic (exact) mass is 361 g/mol. The van der Waals surface area contributed by atoms with Gasteiger partial charge in [-0.05, 0) is 17.7 Å². The van der Waals surface area contributed by atoms with Crippen LogP contribution in [0, 0.1) is 0 Å². The Morgan fingerprint density at radius 3 is 2.46 bits per heavy atom. The van der Waals surface area contributed by atoms with E-state index in [1.165, 1.54) is 14.2 Å². The van der Waals surface area contributed by atoms with E-state index in [2.05, 4.69) is 5.32 Å². The second-order valence-electron chi connectivity index (χ2n) is 5.55. The van der Waals surface area contributed by atoms with E-state index in [4.69, 9.17) is 14.2 Å². The van der Waals surface area contributed by atoms with Crippen LogP contribution in [-0.4, -0.2) is 43.2 Å². The van der Waals surface area contributed by atoms with E-state index in [0.717, 1.165) is 5.56 Å². The molecule has 0 heterocycles. The molecule has 26 heavy (non-hydrogen) atoms. The lowest BCUT2D eigenvalue weighted by molar-refractivity contribution is 0.0748. The maximum absolute atomic E-state index is 12.0. The molecule has 7 nitrogen and oxygen atoms in total. The maximum Gasteiger partial charge on any atom is 0.407 e. The van der Waals surface area contributed by atoms with Gasteiger partial charge < -0.3 is 29.7 Å². The standard InChI is InChI=1S/C19H23NO6/c1-24-14-8-9-15(17(10-14)25-2)18(22)16(11-21)20-19(23)26-12-13-6-4-3-5-7-13/h3-10,16,18,21-22H,11-12H2,1-2H3,(H,20,23). The maximum atomic E-state index is 12.0. The van der Waals surface area contributed by atoms with Gasteiger partial charge in [0.25, 0.3) is 0 Å². The van der Waals surface area contributed by atoms with Crippen molar-refractivity contribution in [3.8, 4) is 11.5 Å². The summed E-state index contributed by atoms with van der Waals surface area (Å²) in [6.07, 6.45) is -1.93. The van der Waals surface area contributed by atoms with Crippen LogP contribution in [0.5, 0.6) is 11.5 Å². The summed E-state index contributed by atoms with van der Waals surface area (Å²) in [5.41, 5.74) is 1.25. The Balaban J connectivity index is 2.01. The molecular formula is C19H23NO6. The van der Waals surface area contributed by atoms with Gasteiger partial charge in [-0.15, -0.1) is 0 Å². The number of carbonyl (C=O) groups is 1. The van der Waals surface area contributed by atoms with Crippen LogP contribution < -0.4 is 14.8 Å². The molecule has 0 radical (unpaired) electrons. The zero-order chi connectivity index (χ0) is 18.9. The van der Waals surface area contributed by atoms with Crippen molar-refractivity contribution >= 4 is 6.09 Å². The van der Waals surface area contributed by atoms with E-state index in [9.17, 15) is 15.0 Å². The van der Waals surface area contributed by atoms with Gasteiger partial charge in [0.1, 0.15) is 24.2 Å². The molecule has 7 heteroatoms. The summed E-state index contributed by atoms with van der Waals surface area (Å²) >= 11 is 0. The lowest BCUT2D eigenvalue weighted by Crippen LogP contribution is -2.42. The summed E-state index contributed by atoms with van der Waals surface area (Å²) in [6, 6.07) is 13.1. The van der Waals surface area contributed by atoms with Gasteiger partial charge in [0.2, 0.25) is 0 Å². The highest BCUT2D eigenvalue weighted by Gasteiger charge is 2.25. The highest BCUT2D eigenvalue weighted by molar-refractivity contribution is 5.67. The summed E-state index contributed by atoms with van der Waals surface area (Å²) < 4.78 is 15.5. The zero-order valence-electron chi connectivity index (χ0n) is 14.7. The van der Waals surface area contributed by atoms with Crippen LogP contribution in [0.15, 0.2) is 48.5 Å². The molecular weight excluding hydrogens is 338 g/mol. The lowest BCUT2D eigenvalue weighted by atomic mass is 10.0. The Kier molecular flexibility index (Phi) is 7.25. The first-order chi connectivity index (χ1) is 12.6. The third kappa shape index (κ3) is 5.11. The first kappa shape index (κ1) is 19.6. The number of aliphatic hydroxyl groups excluding tert-OH is 2. The van der Waals surface area contributed by atoms with E-state index in [1.807, 2.05) is 30.3 Å². The first-order valence-electron chi connectivity index (χ1n) is 8.07. The van der Waals surface area contributed by atoms with Gasteiger partial charge in [-0.2, -0.15) is 0 Å². The molecule has 0 aromatic heterocycles. The van der Waals surface area contributed by atoms with Crippen molar-refractivity contribution in [1.29, 1.82) is 0 Å². The van der Waals surface area contributed by atoms with Gasteiger partial charge in [-0.3, -0.25) is 0 Å². The fourth-order valence-electron chi connectivity index (χ4n) is 2.42. The molecule has 2 rings (SSSR count). The topological polar surface area (TPSA) is 97.2 Å². The van der Waals surface area contributed by atoms with E-state index in [0.29, 0.717) is 17.1 Å². The van der Waals surface area contributed by atoms with Gasteiger partial charge in [0, 0.05) is 11.6 Å². The van der Waals surface area contributed by atoms with Crippen molar-refractivity contribution < 1.29 is 29.2 Å². The summed E-state index contributed by atoms with van der Waals surface area (Å²) in [5, 5.41) is 22.6. The third-order valence-electron chi connectivity index (χ3n) is 3.85. The van der Waals surface area contributed by atoms with Gasteiger partial charge in [0.15, 0.2) is 0 Å². The Labute approximate surface area is 152 Å². The van der Waals surface area contributed by atoms with Crippen molar-refractivity contribution in [2.45, 2.75) is 18.8 Å². The molecule has 0 fully saturated rings. The molecule has 2 atom stereocenters. The van der Waals surface area contributed by atoms with Gasteiger partial charge >= 0.3 is 6.09 Å². The van der Waals surface area contributed by atoms with E-state index in [1.54, 1.807) is 18.2 Å². The molecule has 2 aromatic rings. The molecule has 0 aliphatic heterocycles. The van der Waals surface area contributed by atoms with Crippen molar-refractivity contribution in [3.05, 3.63) is 59.7 Å². The van der Waals surface area contributed by atoms with Crippen LogP contribution in [-0.2, 0) is 11.3 Å². The quantitative estimate of drug-likeness (QED) is 0.666. The molecule has 0 aliphatic rings. The van der Waals surface area contributed by atoms with Gasteiger partial charge in [0.05, 0.1) is 26.9 Å². The Morgan fingerprint density at radius 2 is 1.85 bits per heavy atom. The molecule has 1 amide bonds. The molecule has 0 bridgehead atoms. The molecule has 3 N–H and O–H groups in total. The number of carbonyl (C=O) groups excluding carboxylic acids is 1. The average Bonchev–Trinajstić information content (AvgIpc) is 2.70. The normalized spacial score (nSPS) is 12.8. The van der Waals surface area contributed by atoms with Crippen molar-refractivity contribution in [2.24, 2.45) is 0 Å². The van der Waals surface area contributed by atoms with Crippen LogP contribution in [0.4, 0.5) is 4.79 Å². The van der Waals surface area contributed by atoms with Crippen LogP contribution in [0.2, 0.25) is 0 Å². The number of rotatable bonds is 8. The van der Waals surface area contributed by atoms with Crippen LogP contribution in [0.1, 0.15) is 17.2 Å². The van der Waals surface area contributed by atoms with Gasteiger partial charge in [-0.1, -0.05) is 30.3 Å². The van der Waals surface area contributed by atoms with E-state index >= 15 is 0 Å². The van der Waals surface area contributed by atoms with Crippen LogP contribution in [0.3, 0.4) is 0 Å². The number of amides is 1. The predicted octanol–water partition coefficient (Wildman–Crippen LogP) is 2.02. The number of ether oxygens (including phenoxy) is 3. The number of hydrogen-bond donors (Lipinski definition) is 3. The van der Waals surface area contributed by atoms with Crippen LogP contribution in [0.25, 0.3) is 0 Å². The van der Waals surface area contributed by atoms with E-state index < -0.39 is 24.8 Å².